The van der Waals surface area contributed by atoms with E-state index in [0.717, 1.165) is 23.3 Å². The van der Waals surface area contributed by atoms with Gasteiger partial charge in [0.25, 0.3) is 0 Å². The Labute approximate surface area is 98.3 Å². The maximum Gasteiger partial charge on any atom is 0.138 e. The van der Waals surface area contributed by atoms with Crippen LogP contribution in [0, 0.1) is 0 Å². The zero-order valence-electron chi connectivity index (χ0n) is 9.11. The van der Waals surface area contributed by atoms with Crippen molar-refractivity contribution in [3.05, 3.63) is 36.7 Å². The lowest BCUT2D eigenvalue weighted by atomic mass is 10.2. The number of nitrogens with zero attached hydrogens (tertiary/aromatic N) is 4. The lowest BCUT2D eigenvalue weighted by Crippen LogP contribution is -2.24. The first-order chi connectivity index (χ1) is 8.34. The Hall–Kier alpha value is -2.43. The number of aliphatic imine (C=N–C) groups is 1. The van der Waals surface area contributed by atoms with Crippen molar-refractivity contribution in [1.29, 1.82) is 0 Å². The van der Waals surface area contributed by atoms with Gasteiger partial charge >= 0.3 is 0 Å². The zero-order valence-corrected chi connectivity index (χ0v) is 9.11. The van der Waals surface area contributed by atoms with Crippen LogP contribution in [0.2, 0.25) is 0 Å². The van der Waals surface area contributed by atoms with Crippen molar-refractivity contribution in [1.82, 2.24) is 9.97 Å². The Bertz CT molecular complexity index is 617. The predicted octanol–water partition coefficient (Wildman–Crippen LogP) is 1.57. The molecule has 3 rings (SSSR count). The summed E-state index contributed by atoms with van der Waals surface area (Å²) >= 11 is 0. The van der Waals surface area contributed by atoms with E-state index in [2.05, 4.69) is 15.0 Å². The van der Waals surface area contributed by atoms with Gasteiger partial charge in [-0.15, -0.1) is 0 Å². The molecule has 3 heterocycles. The Morgan fingerprint density at radius 3 is 3.12 bits per heavy atom. The van der Waals surface area contributed by atoms with Crippen LogP contribution in [0.4, 0.5) is 11.6 Å². The van der Waals surface area contributed by atoms with E-state index in [9.17, 15) is 0 Å². The number of aromatic nitrogens is 2. The molecule has 0 saturated heterocycles. The van der Waals surface area contributed by atoms with Gasteiger partial charge in [-0.25, -0.2) is 9.98 Å². The maximum atomic E-state index is 5.92. The van der Waals surface area contributed by atoms with Crippen LogP contribution >= 0.6 is 0 Å². The number of pyridine rings is 2. The van der Waals surface area contributed by atoms with E-state index in [0.29, 0.717) is 5.82 Å². The molecule has 0 radical (unpaired) electrons. The molecular formula is C12H11N5. The quantitative estimate of drug-likeness (QED) is 0.800. The van der Waals surface area contributed by atoms with E-state index < -0.39 is 0 Å². The summed E-state index contributed by atoms with van der Waals surface area (Å²) in [6.45, 7) is 0.744. The average molecular weight is 225 g/mol. The molecule has 0 spiro atoms. The lowest BCUT2D eigenvalue weighted by Gasteiger charge is -2.19. The molecule has 0 atom stereocenters. The van der Waals surface area contributed by atoms with Gasteiger partial charge in [0.1, 0.15) is 11.6 Å². The molecule has 0 amide bonds. The van der Waals surface area contributed by atoms with Crippen LogP contribution < -0.4 is 10.6 Å². The molecule has 1 aliphatic rings. The minimum absolute atomic E-state index is 0.494. The molecule has 0 saturated carbocycles. The standard InChI is InChI=1S/C12H11N5/c13-12-9-3-1-5-15-10(9)7-11(16-12)17-6-2-4-14-8-17/h1-5,7-8H,6H2,(H2,13,16). The molecule has 0 unspecified atom stereocenters. The average Bonchev–Trinajstić information content (AvgIpc) is 2.40. The molecule has 5 heteroatoms. The first-order valence-corrected chi connectivity index (χ1v) is 5.31. The normalized spacial score (nSPS) is 14.5. The van der Waals surface area contributed by atoms with Gasteiger partial charge in [0, 0.05) is 30.4 Å². The molecular weight excluding hydrogens is 214 g/mol. The number of nitrogen functional groups attached to an aromatic ring is 1. The lowest BCUT2D eigenvalue weighted by molar-refractivity contribution is 1.08. The summed E-state index contributed by atoms with van der Waals surface area (Å²) in [6, 6.07) is 5.68. The highest BCUT2D eigenvalue weighted by Crippen LogP contribution is 2.22. The number of nitrogens with two attached hydrogens (primary N) is 1. The highest BCUT2D eigenvalue weighted by Gasteiger charge is 2.09. The largest absolute Gasteiger partial charge is 0.383 e. The summed E-state index contributed by atoms with van der Waals surface area (Å²) < 4.78 is 0. The van der Waals surface area contributed by atoms with Crippen molar-refractivity contribution < 1.29 is 0 Å². The molecule has 0 fully saturated rings. The smallest absolute Gasteiger partial charge is 0.138 e. The minimum atomic E-state index is 0.494. The minimum Gasteiger partial charge on any atom is -0.383 e. The van der Waals surface area contributed by atoms with E-state index in [1.165, 1.54) is 0 Å². The van der Waals surface area contributed by atoms with E-state index in [4.69, 9.17) is 5.73 Å². The fraction of sp³-hybridized carbons (Fsp3) is 0.0833. The van der Waals surface area contributed by atoms with Gasteiger partial charge in [-0.2, -0.15) is 0 Å². The van der Waals surface area contributed by atoms with Crippen molar-refractivity contribution in [2.45, 2.75) is 0 Å². The monoisotopic (exact) mass is 225 g/mol. The van der Waals surface area contributed by atoms with Gasteiger partial charge in [-0.1, -0.05) is 0 Å². The predicted molar refractivity (Wildman–Crippen MR) is 68.9 cm³/mol. The summed E-state index contributed by atoms with van der Waals surface area (Å²) in [4.78, 5) is 14.6. The number of hydrogen-bond donors (Lipinski definition) is 1. The molecule has 2 aromatic rings. The second-order valence-corrected chi connectivity index (χ2v) is 3.74. The van der Waals surface area contributed by atoms with Crippen LogP contribution in [0.1, 0.15) is 0 Å². The van der Waals surface area contributed by atoms with Crippen molar-refractivity contribution in [2.24, 2.45) is 4.99 Å². The molecule has 0 aliphatic carbocycles. The van der Waals surface area contributed by atoms with Crippen LogP contribution in [0.3, 0.4) is 0 Å². The van der Waals surface area contributed by atoms with Gasteiger partial charge in [0.05, 0.1) is 11.9 Å². The molecule has 0 bridgehead atoms. The third-order valence-electron chi connectivity index (χ3n) is 2.61. The van der Waals surface area contributed by atoms with Gasteiger partial charge in [0.15, 0.2) is 0 Å². The van der Waals surface area contributed by atoms with Gasteiger partial charge in [-0.05, 0) is 18.2 Å². The van der Waals surface area contributed by atoms with Crippen molar-refractivity contribution in [3.8, 4) is 0 Å². The first-order valence-electron chi connectivity index (χ1n) is 5.31. The van der Waals surface area contributed by atoms with Crippen LogP contribution in [0.5, 0.6) is 0 Å². The second-order valence-electron chi connectivity index (χ2n) is 3.74. The Kier molecular flexibility index (Phi) is 2.22. The van der Waals surface area contributed by atoms with Crippen LogP contribution in [0.15, 0.2) is 41.7 Å². The van der Waals surface area contributed by atoms with E-state index in [1.807, 2.05) is 29.2 Å². The van der Waals surface area contributed by atoms with Gasteiger partial charge < -0.3 is 10.6 Å². The fourth-order valence-electron chi connectivity index (χ4n) is 1.77. The number of fused-ring (bicyclic) bond motifs is 1. The molecule has 1 aliphatic heterocycles. The third kappa shape index (κ3) is 1.71. The Morgan fingerprint density at radius 1 is 1.35 bits per heavy atom. The van der Waals surface area contributed by atoms with Crippen molar-refractivity contribution in [2.75, 3.05) is 17.2 Å². The highest BCUT2D eigenvalue weighted by molar-refractivity contribution is 5.92. The summed E-state index contributed by atoms with van der Waals surface area (Å²) in [7, 11) is 0. The molecule has 5 nitrogen and oxygen atoms in total. The second kappa shape index (κ2) is 3.86. The number of rotatable bonds is 1. The van der Waals surface area contributed by atoms with Gasteiger partial charge in [-0.3, -0.25) is 4.98 Å². The summed E-state index contributed by atoms with van der Waals surface area (Å²) in [5.41, 5.74) is 6.77. The maximum absolute atomic E-state index is 5.92. The number of anilines is 2. The van der Waals surface area contributed by atoms with Crippen LogP contribution in [0.25, 0.3) is 10.9 Å². The highest BCUT2D eigenvalue weighted by atomic mass is 15.2. The zero-order chi connectivity index (χ0) is 11.7. The number of hydrogen-bond acceptors (Lipinski definition) is 5. The fourth-order valence-corrected chi connectivity index (χ4v) is 1.77. The summed E-state index contributed by atoms with van der Waals surface area (Å²) in [6.07, 6.45) is 7.20. The van der Waals surface area contributed by atoms with Crippen molar-refractivity contribution in [3.63, 3.8) is 0 Å². The summed E-state index contributed by atoms with van der Waals surface area (Å²) in [5.74, 6) is 1.26. The Morgan fingerprint density at radius 2 is 2.29 bits per heavy atom. The van der Waals surface area contributed by atoms with Crippen LogP contribution in [-0.2, 0) is 0 Å². The van der Waals surface area contributed by atoms with E-state index in [1.54, 1.807) is 18.7 Å². The Balaban J connectivity index is 2.12. The molecule has 84 valence electrons. The van der Waals surface area contributed by atoms with Crippen molar-refractivity contribution >= 4 is 28.9 Å². The SMILES string of the molecule is Nc1nc(N2C=NC=CC2)cc2ncccc12. The summed E-state index contributed by atoms with van der Waals surface area (Å²) in [5, 5.41) is 0.876. The van der Waals surface area contributed by atoms with E-state index >= 15 is 0 Å². The molecule has 0 aromatic carbocycles. The molecule has 2 aromatic heterocycles. The first kappa shape index (κ1) is 9.77. The topological polar surface area (TPSA) is 67.4 Å². The van der Waals surface area contributed by atoms with Gasteiger partial charge in [0.2, 0.25) is 0 Å². The van der Waals surface area contributed by atoms with E-state index in [-0.39, 0.29) is 0 Å². The molecule has 2 N–H and O–H groups in total. The van der Waals surface area contributed by atoms with Crippen LogP contribution in [-0.4, -0.2) is 22.9 Å². The third-order valence-corrected chi connectivity index (χ3v) is 2.61. The molecule has 17 heavy (non-hydrogen) atoms.